The van der Waals surface area contributed by atoms with Gasteiger partial charge >= 0.3 is 5.97 Å². The molecule has 1 unspecified atom stereocenters. The van der Waals surface area contributed by atoms with Crippen LogP contribution < -0.4 is 4.74 Å². The summed E-state index contributed by atoms with van der Waals surface area (Å²) in [5.41, 5.74) is 4.11. The van der Waals surface area contributed by atoms with Gasteiger partial charge in [-0.3, -0.25) is 9.89 Å². The van der Waals surface area contributed by atoms with Crippen molar-refractivity contribution < 1.29 is 19.0 Å². The summed E-state index contributed by atoms with van der Waals surface area (Å²) >= 11 is 0. The Morgan fingerprint density at radius 3 is 2.83 bits per heavy atom. The quantitative estimate of drug-likeness (QED) is 0.430. The van der Waals surface area contributed by atoms with E-state index in [0.717, 1.165) is 43.8 Å². The van der Waals surface area contributed by atoms with E-state index >= 15 is 0 Å². The maximum Gasteiger partial charge on any atom is 0.337 e. The molecule has 0 N–H and O–H groups in total. The summed E-state index contributed by atoms with van der Waals surface area (Å²) in [6.45, 7) is 4.19. The molecule has 6 heteroatoms. The lowest BCUT2D eigenvalue weighted by molar-refractivity contribution is -0.137. The Kier molecular flexibility index (Phi) is 5.63. The van der Waals surface area contributed by atoms with Gasteiger partial charge in [0.15, 0.2) is 0 Å². The highest BCUT2D eigenvalue weighted by atomic mass is 16.5. The van der Waals surface area contributed by atoms with Gasteiger partial charge < -0.3 is 14.2 Å². The van der Waals surface area contributed by atoms with E-state index in [-0.39, 0.29) is 17.9 Å². The van der Waals surface area contributed by atoms with Gasteiger partial charge in [-0.1, -0.05) is 19.4 Å². The van der Waals surface area contributed by atoms with Gasteiger partial charge in [0.2, 0.25) is 0 Å². The van der Waals surface area contributed by atoms with E-state index in [0.29, 0.717) is 17.4 Å². The molecule has 0 amide bonds. The molecule has 0 saturated carbocycles. The Labute approximate surface area is 172 Å². The van der Waals surface area contributed by atoms with Crippen LogP contribution in [0.4, 0.5) is 5.69 Å². The number of piperidine rings is 2. The van der Waals surface area contributed by atoms with Crippen LogP contribution >= 0.6 is 0 Å². The zero-order valence-corrected chi connectivity index (χ0v) is 17.7. The SMILES string of the molecule is CC[C@@H]1CN2CCC3C(=Nc4cccc(OC)c43)[C@@H]2C[C@@H]1/C(=C\OC)C(=O)OC. The number of hydrogen-bond donors (Lipinski definition) is 0. The molecule has 0 aliphatic carbocycles. The molecule has 6 nitrogen and oxygen atoms in total. The van der Waals surface area contributed by atoms with Gasteiger partial charge in [0.05, 0.1) is 38.9 Å². The van der Waals surface area contributed by atoms with Crippen molar-refractivity contribution in [3.63, 3.8) is 0 Å². The first-order valence-electron chi connectivity index (χ1n) is 10.4. The van der Waals surface area contributed by atoms with Crippen LogP contribution in [0.1, 0.15) is 37.7 Å². The predicted octanol–water partition coefficient (Wildman–Crippen LogP) is 3.69. The molecule has 3 aliphatic rings. The van der Waals surface area contributed by atoms with Crippen molar-refractivity contribution in [2.24, 2.45) is 16.8 Å². The number of aliphatic imine (C=N–C) groups is 1. The minimum atomic E-state index is -0.297. The normalized spacial score (nSPS) is 28.7. The van der Waals surface area contributed by atoms with E-state index in [1.165, 1.54) is 18.4 Å². The molecule has 156 valence electrons. The largest absolute Gasteiger partial charge is 0.504 e. The molecule has 0 spiro atoms. The zero-order chi connectivity index (χ0) is 20.5. The fourth-order valence-corrected chi connectivity index (χ4v) is 5.44. The van der Waals surface area contributed by atoms with Gasteiger partial charge in [-0.05, 0) is 43.4 Å². The summed E-state index contributed by atoms with van der Waals surface area (Å²) in [5, 5.41) is 0. The summed E-state index contributed by atoms with van der Waals surface area (Å²) in [4.78, 5) is 20.1. The highest BCUT2D eigenvalue weighted by molar-refractivity contribution is 6.03. The lowest BCUT2D eigenvalue weighted by Crippen LogP contribution is -2.55. The smallest absolute Gasteiger partial charge is 0.337 e. The van der Waals surface area contributed by atoms with Crippen LogP contribution in [-0.4, -0.2) is 57.0 Å². The van der Waals surface area contributed by atoms with Crippen LogP contribution in [0.3, 0.4) is 0 Å². The van der Waals surface area contributed by atoms with Crippen molar-refractivity contribution >= 4 is 17.4 Å². The van der Waals surface area contributed by atoms with Gasteiger partial charge in [-0.15, -0.1) is 0 Å². The summed E-state index contributed by atoms with van der Waals surface area (Å²) < 4.78 is 16.0. The van der Waals surface area contributed by atoms with Gasteiger partial charge in [-0.25, -0.2) is 4.79 Å². The molecule has 2 saturated heterocycles. The van der Waals surface area contributed by atoms with E-state index in [1.54, 1.807) is 20.5 Å². The Balaban J connectivity index is 1.68. The Hall–Kier alpha value is -2.34. The van der Waals surface area contributed by atoms with Crippen LogP contribution in [0.15, 0.2) is 35.0 Å². The highest BCUT2D eigenvalue weighted by Gasteiger charge is 2.47. The van der Waals surface area contributed by atoms with Crippen molar-refractivity contribution in [1.82, 2.24) is 4.90 Å². The van der Waals surface area contributed by atoms with Crippen LogP contribution in [0.25, 0.3) is 0 Å². The molecular formula is C23H30N2O4. The number of carbonyl (C=O) groups is 1. The van der Waals surface area contributed by atoms with Crippen LogP contribution in [0.2, 0.25) is 0 Å². The van der Waals surface area contributed by atoms with Crippen LogP contribution in [0.5, 0.6) is 5.75 Å². The number of esters is 1. The Morgan fingerprint density at radius 2 is 2.14 bits per heavy atom. The number of nitrogens with zero attached hydrogens (tertiary/aromatic N) is 2. The number of hydrogen-bond acceptors (Lipinski definition) is 6. The average molecular weight is 399 g/mol. The molecule has 3 aliphatic heterocycles. The third-order valence-corrected chi connectivity index (χ3v) is 6.81. The molecule has 0 bridgehead atoms. The molecule has 4 rings (SSSR count). The molecule has 0 radical (unpaired) electrons. The third-order valence-electron chi connectivity index (χ3n) is 6.81. The lowest BCUT2D eigenvalue weighted by Gasteiger charge is -2.48. The van der Waals surface area contributed by atoms with Gasteiger partial charge in [0, 0.05) is 29.8 Å². The van der Waals surface area contributed by atoms with Crippen molar-refractivity contribution in [2.75, 3.05) is 34.4 Å². The number of rotatable bonds is 5. The standard InChI is InChI=1S/C23H30N2O4/c1-5-14-12-25-10-9-15-21-18(7-6-8-20(21)28-3)24-22(15)19(25)11-16(14)17(13-27-2)23(26)29-4/h6-8,13-16,19H,5,9-12H2,1-4H3/b17-13+/t14-,15?,16+,19+/m1/s1. The predicted molar refractivity (Wildman–Crippen MR) is 112 cm³/mol. The fraction of sp³-hybridized carbons (Fsp3) is 0.565. The average Bonchev–Trinajstić information content (AvgIpc) is 3.15. The van der Waals surface area contributed by atoms with Crippen molar-refractivity contribution in [2.45, 2.75) is 38.1 Å². The minimum Gasteiger partial charge on any atom is -0.504 e. The van der Waals surface area contributed by atoms with E-state index in [2.05, 4.69) is 17.9 Å². The van der Waals surface area contributed by atoms with E-state index in [9.17, 15) is 4.79 Å². The van der Waals surface area contributed by atoms with Crippen molar-refractivity contribution in [3.8, 4) is 5.75 Å². The molecule has 2 fully saturated rings. The topological polar surface area (TPSA) is 60.4 Å². The molecular weight excluding hydrogens is 368 g/mol. The molecule has 4 atom stereocenters. The summed E-state index contributed by atoms with van der Waals surface area (Å²) in [5.74, 6) is 1.42. The molecule has 1 aromatic carbocycles. The second kappa shape index (κ2) is 8.19. The second-order valence-electron chi connectivity index (χ2n) is 8.09. The highest BCUT2D eigenvalue weighted by Crippen LogP contribution is 2.49. The third kappa shape index (κ3) is 3.33. The zero-order valence-electron chi connectivity index (χ0n) is 17.7. The fourth-order valence-electron chi connectivity index (χ4n) is 5.44. The molecule has 1 aromatic rings. The Morgan fingerprint density at radius 1 is 1.31 bits per heavy atom. The van der Waals surface area contributed by atoms with Gasteiger partial charge in [0.25, 0.3) is 0 Å². The maximum absolute atomic E-state index is 12.5. The van der Waals surface area contributed by atoms with Gasteiger partial charge in [-0.2, -0.15) is 0 Å². The molecule has 3 heterocycles. The van der Waals surface area contributed by atoms with Gasteiger partial charge in [0.1, 0.15) is 5.75 Å². The number of methoxy groups -OCH3 is 3. The van der Waals surface area contributed by atoms with Crippen molar-refractivity contribution in [1.29, 1.82) is 0 Å². The van der Waals surface area contributed by atoms with Crippen LogP contribution in [0, 0.1) is 11.8 Å². The number of carbonyl (C=O) groups excluding carboxylic acids is 1. The summed E-state index contributed by atoms with van der Waals surface area (Å²) in [6, 6.07) is 6.33. The lowest BCUT2D eigenvalue weighted by atomic mass is 9.71. The first kappa shape index (κ1) is 20.0. The molecule has 0 aromatic heterocycles. The summed E-state index contributed by atoms with van der Waals surface area (Å²) in [7, 11) is 4.74. The van der Waals surface area contributed by atoms with E-state index < -0.39 is 0 Å². The van der Waals surface area contributed by atoms with E-state index in [4.69, 9.17) is 19.2 Å². The van der Waals surface area contributed by atoms with E-state index in [1.807, 2.05) is 12.1 Å². The maximum atomic E-state index is 12.5. The monoisotopic (exact) mass is 398 g/mol. The Bertz CT molecular complexity index is 847. The van der Waals surface area contributed by atoms with Crippen molar-refractivity contribution in [3.05, 3.63) is 35.6 Å². The number of benzene rings is 1. The first-order valence-corrected chi connectivity index (χ1v) is 10.4. The first-order chi connectivity index (χ1) is 14.1. The summed E-state index contributed by atoms with van der Waals surface area (Å²) in [6.07, 6.45) is 4.50. The number of ether oxygens (including phenoxy) is 3. The van der Waals surface area contributed by atoms with Crippen LogP contribution in [-0.2, 0) is 14.3 Å². The number of fused-ring (bicyclic) bond motifs is 5. The second-order valence-corrected chi connectivity index (χ2v) is 8.09. The molecule has 29 heavy (non-hydrogen) atoms. The minimum absolute atomic E-state index is 0.0979.